The highest BCUT2D eigenvalue weighted by molar-refractivity contribution is 6.07. The van der Waals surface area contributed by atoms with Gasteiger partial charge < -0.3 is 15.5 Å². The molecule has 0 bridgehead atoms. The number of carbonyl (C=O) groups excluding carboxylic acids is 1. The van der Waals surface area contributed by atoms with Crippen molar-refractivity contribution >= 4 is 11.6 Å². The van der Waals surface area contributed by atoms with Crippen LogP contribution in [0.4, 0.5) is 32.0 Å². The lowest BCUT2D eigenvalue weighted by atomic mass is 9.85. The maximum absolute atomic E-state index is 12.9. The first-order valence-electron chi connectivity index (χ1n) is 7.01. The number of hydrogen-bond donors (Lipinski definition) is 3. The fourth-order valence-electron chi connectivity index (χ4n) is 2.74. The number of hydrogen-bond acceptors (Lipinski definition) is 3. The van der Waals surface area contributed by atoms with Gasteiger partial charge in [-0.05, 0) is 30.3 Å². The van der Waals surface area contributed by atoms with E-state index in [1.807, 2.05) is 5.32 Å². The third kappa shape index (κ3) is 2.66. The van der Waals surface area contributed by atoms with Crippen LogP contribution in [0.2, 0.25) is 0 Å². The van der Waals surface area contributed by atoms with Crippen LogP contribution in [0.15, 0.2) is 36.4 Å². The van der Waals surface area contributed by atoms with Crippen molar-refractivity contribution in [3.63, 3.8) is 0 Å². The summed E-state index contributed by atoms with van der Waals surface area (Å²) in [5.74, 6) is -2.09. The normalized spacial score (nSPS) is 20.0. The van der Waals surface area contributed by atoms with Crippen molar-refractivity contribution in [2.75, 3.05) is 5.32 Å². The van der Waals surface area contributed by atoms with Crippen molar-refractivity contribution in [1.29, 1.82) is 0 Å². The van der Waals surface area contributed by atoms with Gasteiger partial charge >= 0.3 is 12.4 Å². The number of amides is 1. The van der Waals surface area contributed by atoms with Crippen LogP contribution in [0.1, 0.15) is 22.3 Å². The largest absolute Gasteiger partial charge is 0.508 e. The quantitative estimate of drug-likeness (QED) is 0.665. The second-order valence-electron chi connectivity index (χ2n) is 5.65. The molecule has 4 nitrogen and oxygen atoms in total. The minimum absolute atomic E-state index is 0.377. The van der Waals surface area contributed by atoms with E-state index < -0.39 is 57.6 Å². The van der Waals surface area contributed by atoms with Gasteiger partial charge in [0.1, 0.15) is 5.75 Å². The summed E-state index contributed by atoms with van der Waals surface area (Å²) in [5, 5.41) is 22.6. The van der Waals surface area contributed by atoms with Crippen LogP contribution in [0, 0.1) is 0 Å². The van der Waals surface area contributed by atoms with E-state index in [4.69, 9.17) is 0 Å². The van der Waals surface area contributed by atoms with Gasteiger partial charge in [0.25, 0.3) is 5.91 Å². The summed E-state index contributed by atoms with van der Waals surface area (Å²) in [7, 11) is 0. The molecule has 138 valence electrons. The number of halogens is 6. The number of carbonyl (C=O) groups is 1. The number of aliphatic hydroxyl groups is 1. The molecule has 2 aromatic rings. The van der Waals surface area contributed by atoms with Crippen molar-refractivity contribution in [2.24, 2.45) is 0 Å². The molecule has 3 rings (SSSR count). The van der Waals surface area contributed by atoms with Crippen molar-refractivity contribution in [2.45, 2.75) is 18.0 Å². The van der Waals surface area contributed by atoms with Crippen LogP contribution in [0.3, 0.4) is 0 Å². The summed E-state index contributed by atoms with van der Waals surface area (Å²) >= 11 is 0. The summed E-state index contributed by atoms with van der Waals surface area (Å²) in [6.45, 7) is 0. The van der Waals surface area contributed by atoms with Gasteiger partial charge in [-0.1, -0.05) is 6.07 Å². The average molecular weight is 377 g/mol. The minimum atomic E-state index is -4.82. The number of phenolic OH excluding ortho intramolecular Hbond substituents is 1. The predicted molar refractivity (Wildman–Crippen MR) is 76.2 cm³/mol. The van der Waals surface area contributed by atoms with Gasteiger partial charge in [0, 0.05) is 16.8 Å². The van der Waals surface area contributed by atoms with Gasteiger partial charge in [0.05, 0.1) is 11.1 Å². The van der Waals surface area contributed by atoms with E-state index in [0.717, 1.165) is 6.07 Å². The number of fused-ring (bicyclic) bond motifs is 1. The molecule has 1 amide bonds. The Balaban J connectivity index is 2.20. The van der Waals surface area contributed by atoms with Gasteiger partial charge in [0.15, 0.2) is 5.60 Å². The lowest BCUT2D eigenvalue weighted by molar-refractivity contribution is -0.138. The molecule has 3 N–H and O–H groups in total. The molecule has 0 fully saturated rings. The monoisotopic (exact) mass is 377 g/mol. The number of alkyl halides is 6. The lowest BCUT2D eigenvalue weighted by Crippen LogP contribution is -2.35. The van der Waals surface area contributed by atoms with E-state index in [0.29, 0.717) is 30.3 Å². The van der Waals surface area contributed by atoms with E-state index in [2.05, 4.69) is 0 Å². The molecular weight excluding hydrogens is 368 g/mol. The Morgan fingerprint density at radius 2 is 1.38 bits per heavy atom. The van der Waals surface area contributed by atoms with E-state index in [1.165, 1.54) is 0 Å². The summed E-state index contributed by atoms with van der Waals surface area (Å²) in [4.78, 5) is 12.2. The maximum Gasteiger partial charge on any atom is 0.416 e. The highest BCUT2D eigenvalue weighted by Crippen LogP contribution is 2.46. The molecule has 1 aliphatic heterocycles. The van der Waals surface area contributed by atoms with Gasteiger partial charge in [-0.3, -0.25) is 4.79 Å². The fraction of sp³-hybridized carbons (Fsp3) is 0.188. The molecule has 1 aliphatic rings. The standard InChI is InChI=1S/C16H9F6NO3/c17-15(18,19)7-2-4-12(24)10(5-7)14(26)9-3-1-8(16(20,21)22)6-11(9)23-13(14)25/h1-6,24,26H,(H,23,25). The number of anilines is 1. The Morgan fingerprint density at radius 3 is 1.96 bits per heavy atom. The van der Waals surface area contributed by atoms with Crippen molar-refractivity contribution in [3.8, 4) is 5.75 Å². The first-order valence-corrected chi connectivity index (χ1v) is 7.01. The molecule has 2 aromatic carbocycles. The number of phenols is 1. The molecule has 1 heterocycles. The van der Waals surface area contributed by atoms with Crippen molar-refractivity contribution in [3.05, 3.63) is 58.7 Å². The van der Waals surface area contributed by atoms with Gasteiger partial charge in [0.2, 0.25) is 0 Å². The summed E-state index contributed by atoms with van der Waals surface area (Å²) < 4.78 is 77.0. The molecule has 10 heteroatoms. The van der Waals surface area contributed by atoms with Gasteiger partial charge in [-0.15, -0.1) is 0 Å². The SMILES string of the molecule is O=C1Nc2cc(C(F)(F)F)ccc2C1(O)c1cc(C(F)(F)F)ccc1O. The molecule has 0 saturated carbocycles. The zero-order valence-electron chi connectivity index (χ0n) is 12.5. The third-order valence-electron chi connectivity index (χ3n) is 4.03. The molecule has 0 aromatic heterocycles. The first kappa shape index (κ1) is 18.1. The molecule has 26 heavy (non-hydrogen) atoms. The number of aromatic hydroxyl groups is 1. The zero-order chi connectivity index (χ0) is 19.5. The Kier molecular flexibility index (Phi) is 3.73. The van der Waals surface area contributed by atoms with Crippen LogP contribution in [0.5, 0.6) is 5.75 Å². The molecule has 0 radical (unpaired) electrons. The number of nitrogens with one attached hydrogen (secondary N) is 1. The Morgan fingerprint density at radius 1 is 0.846 bits per heavy atom. The molecular formula is C16H9F6NO3. The van der Waals surface area contributed by atoms with E-state index in [9.17, 15) is 41.4 Å². The fourth-order valence-corrected chi connectivity index (χ4v) is 2.74. The second kappa shape index (κ2) is 5.37. The van der Waals surface area contributed by atoms with Crippen LogP contribution < -0.4 is 5.32 Å². The first-order chi connectivity index (χ1) is 11.8. The molecule has 0 spiro atoms. The second-order valence-corrected chi connectivity index (χ2v) is 5.65. The Hall–Kier alpha value is -2.75. The van der Waals surface area contributed by atoms with Crippen LogP contribution in [-0.4, -0.2) is 16.1 Å². The van der Waals surface area contributed by atoms with Crippen LogP contribution in [0.25, 0.3) is 0 Å². The molecule has 1 atom stereocenters. The summed E-state index contributed by atoms with van der Waals surface area (Å²) in [5.41, 5.74) is -6.73. The Bertz CT molecular complexity index is 906. The smallest absolute Gasteiger partial charge is 0.416 e. The highest BCUT2D eigenvalue weighted by atomic mass is 19.4. The third-order valence-corrected chi connectivity index (χ3v) is 4.03. The van der Waals surface area contributed by atoms with Crippen LogP contribution >= 0.6 is 0 Å². The molecule has 0 saturated heterocycles. The topological polar surface area (TPSA) is 69.6 Å². The molecule has 1 unspecified atom stereocenters. The van der Waals surface area contributed by atoms with Crippen molar-refractivity contribution in [1.82, 2.24) is 0 Å². The van der Waals surface area contributed by atoms with Gasteiger partial charge in [-0.2, -0.15) is 26.3 Å². The summed E-state index contributed by atoms with van der Waals surface area (Å²) in [6, 6.07) is 3.47. The number of rotatable bonds is 1. The predicted octanol–water partition coefficient (Wildman–Crippen LogP) is 3.62. The molecule has 0 aliphatic carbocycles. The van der Waals surface area contributed by atoms with Crippen molar-refractivity contribution < 1.29 is 41.4 Å². The van der Waals surface area contributed by atoms with E-state index >= 15 is 0 Å². The van der Waals surface area contributed by atoms with E-state index in [1.54, 1.807) is 0 Å². The minimum Gasteiger partial charge on any atom is -0.508 e. The number of benzene rings is 2. The maximum atomic E-state index is 12.9. The highest BCUT2D eigenvalue weighted by Gasteiger charge is 2.50. The van der Waals surface area contributed by atoms with E-state index in [-0.39, 0.29) is 0 Å². The van der Waals surface area contributed by atoms with Gasteiger partial charge in [-0.25, -0.2) is 0 Å². The Labute approximate surface area is 141 Å². The van der Waals surface area contributed by atoms with Crippen LogP contribution in [-0.2, 0) is 22.7 Å². The zero-order valence-corrected chi connectivity index (χ0v) is 12.5. The average Bonchev–Trinajstić information content (AvgIpc) is 2.77. The lowest BCUT2D eigenvalue weighted by Gasteiger charge is -2.23. The summed E-state index contributed by atoms with van der Waals surface area (Å²) in [6.07, 6.45) is -9.55.